The molecule has 1 aromatic rings. The third-order valence-corrected chi connectivity index (χ3v) is 5.47. The standard InChI is InChI=1S/C23H34N4O5/c1-14(2)12-18(23(31)32)26-20(28)17(13-16-8-5-4-6-9-16)25-21(29)19-10-7-11-27(19)22(30)15(3)24/h4-6,8-9,14-15,17-19H,7,10-13,24H2,1-3H3,(H,25,29)(H,26,28)(H,31,32). The van der Waals surface area contributed by atoms with Gasteiger partial charge >= 0.3 is 5.97 Å². The summed E-state index contributed by atoms with van der Waals surface area (Å²) in [5.41, 5.74) is 6.53. The van der Waals surface area contributed by atoms with Gasteiger partial charge in [0.2, 0.25) is 17.7 Å². The molecular formula is C23H34N4O5. The number of carbonyl (C=O) groups excluding carboxylic acids is 3. The van der Waals surface area contributed by atoms with Gasteiger partial charge in [-0.15, -0.1) is 0 Å². The van der Waals surface area contributed by atoms with Crippen LogP contribution in [0.3, 0.4) is 0 Å². The van der Waals surface area contributed by atoms with Gasteiger partial charge in [-0.3, -0.25) is 14.4 Å². The fourth-order valence-corrected chi connectivity index (χ4v) is 3.86. The lowest BCUT2D eigenvalue weighted by molar-refractivity contribution is -0.143. The molecule has 0 aromatic heterocycles. The van der Waals surface area contributed by atoms with Crippen molar-refractivity contribution in [2.75, 3.05) is 6.54 Å². The van der Waals surface area contributed by atoms with E-state index in [9.17, 15) is 24.3 Å². The quantitative estimate of drug-likeness (QED) is 0.416. The Kier molecular flexibility index (Phi) is 9.19. The van der Waals surface area contributed by atoms with Crippen molar-refractivity contribution in [3.05, 3.63) is 35.9 Å². The summed E-state index contributed by atoms with van der Waals surface area (Å²) in [6, 6.07) is 5.69. The Bertz CT molecular complexity index is 812. The van der Waals surface area contributed by atoms with Crippen molar-refractivity contribution in [1.29, 1.82) is 0 Å². The fraction of sp³-hybridized carbons (Fsp3) is 0.565. The average molecular weight is 447 g/mol. The van der Waals surface area contributed by atoms with Crippen LogP contribution in [-0.2, 0) is 25.6 Å². The Morgan fingerprint density at radius 3 is 2.31 bits per heavy atom. The zero-order valence-electron chi connectivity index (χ0n) is 18.9. The summed E-state index contributed by atoms with van der Waals surface area (Å²) in [5.74, 6) is -2.38. The van der Waals surface area contributed by atoms with E-state index in [1.165, 1.54) is 4.90 Å². The van der Waals surface area contributed by atoms with Crippen LogP contribution in [0.2, 0.25) is 0 Å². The van der Waals surface area contributed by atoms with Crippen molar-refractivity contribution in [3.63, 3.8) is 0 Å². The Morgan fingerprint density at radius 2 is 1.75 bits per heavy atom. The van der Waals surface area contributed by atoms with Gasteiger partial charge in [0, 0.05) is 13.0 Å². The molecule has 0 radical (unpaired) electrons. The number of nitrogens with two attached hydrogens (primary N) is 1. The number of carboxylic acids is 1. The lowest BCUT2D eigenvalue weighted by Gasteiger charge is -2.28. The number of hydrogen-bond acceptors (Lipinski definition) is 5. The molecule has 4 atom stereocenters. The molecule has 0 aliphatic carbocycles. The smallest absolute Gasteiger partial charge is 0.326 e. The molecule has 2 rings (SSSR count). The first-order valence-electron chi connectivity index (χ1n) is 11.0. The first kappa shape index (κ1) is 25.3. The Hall–Kier alpha value is -2.94. The zero-order valence-corrected chi connectivity index (χ0v) is 18.9. The van der Waals surface area contributed by atoms with Gasteiger partial charge in [0.25, 0.3) is 0 Å². The molecule has 1 aliphatic heterocycles. The summed E-state index contributed by atoms with van der Waals surface area (Å²) in [6.45, 7) is 5.75. The van der Waals surface area contributed by atoms with Gasteiger partial charge in [-0.05, 0) is 37.7 Å². The zero-order chi connectivity index (χ0) is 23.8. The monoisotopic (exact) mass is 446 g/mol. The number of nitrogens with zero attached hydrogens (tertiary/aromatic N) is 1. The molecule has 32 heavy (non-hydrogen) atoms. The van der Waals surface area contributed by atoms with Crippen molar-refractivity contribution in [2.24, 2.45) is 11.7 Å². The summed E-state index contributed by atoms with van der Waals surface area (Å²) in [5, 5.41) is 14.8. The second-order valence-corrected chi connectivity index (χ2v) is 8.76. The minimum absolute atomic E-state index is 0.0647. The molecule has 1 aliphatic rings. The fourth-order valence-electron chi connectivity index (χ4n) is 3.86. The highest BCUT2D eigenvalue weighted by Crippen LogP contribution is 2.19. The minimum atomic E-state index is -1.12. The minimum Gasteiger partial charge on any atom is -0.480 e. The summed E-state index contributed by atoms with van der Waals surface area (Å²) in [6.07, 6.45) is 1.61. The number of likely N-dealkylation sites (tertiary alicyclic amines) is 1. The third kappa shape index (κ3) is 7.05. The molecule has 176 valence electrons. The van der Waals surface area contributed by atoms with Gasteiger partial charge in [-0.2, -0.15) is 0 Å². The van der Waals surface area contributed by atoms with Crippen LogP contribution in [0.5, 0.6) is 0 Å². The maximum Gasteiger partial charge on any atom is 0.326 e. The highest BCUT2D eigenvalue weighted by Gasteiger charge is 2.37. The highest BCUT2D eigenvalue weighted by atomic mass is 16.4. The molecule has 0 saturated carbocycles. The Labute approximate surface area is 188 Å². The molecular weight excluding hydrogens is 412 g/mol. The Morgan fingerprint density at radius 1 is 1.09 bits per heavy atom. The maximum absolute atomic E-state index is 13.0. The summed E-state index contributed by atoms with van der Waals surface area (Å²) < 4.78 is 0. The molecule has 9 heteroatoms. The second-order valence-electron chi connectivity index (χ2n) is 8.76. The van der Waals surface area contributed by atoms with Crippen LogP contribution in [0.25, 0.3) is 0 Å². The second kappa shape index (κ2) is 11.6. The van der Waals surface area contributed by atoms with Crippen LogP contribution >= 0.6 is 0 Å². The van der Waals surface area contributed by atoms with Crippen molar-refractivity contribution in [1.82, 2.24) is 15.5 Å². The predicted molar refractivity (Wildman–Crippen MR) is 119 cm³/mol. The van der Waals surface area contributed by atoms with E-state index in [4.69, 9.17) is 5.73 Å². The summed E-state index contributed by atoms with van der Waals surface area (Å²) in [7, 11) is 0. The highest BCUT2D eigenvalue weighted by molar-refractivity contribution is 5.94. The van der Waals surface area contributed by atoms with Crippen LogP contribution in [0.1, 0.15) is 45.6 Å². The van der Waals surface area contributed by atoms with Crippen LogP contribution in [-0.4, -0.2) is 64.4 Å². The van der Waals surface area contributed by atoms with Gasteiger partial charge in [-0.25, -0.2) is 4.79 Å². The molecule has 9 nitrogen and oxygen atoms in total. The molecule has 4 unspecified atom stereocenters. The molecule has 1 saturated heterocycles. The normalized spacial score (nSPS) is 18.7. The number of amides is 3. The summed E-state index contributed by atoms with van der Waals surface area (Å²) in [4.78, 5) is 51.5. The largest absolute Gasteiger partial charge is 0.480 e. The number of nitrogens with one attached hydrogen (secondary N) is 2. The molecule has 0 spiro atoms. The first-order chi connectivity index (χ1) is 15.1. The summed E-state index contributed by atoms with van der Waals surface area (Å²) >= 11 is 0. The third-order valence-electron chi connectivity index (χ3n) is 5.47. The van der Waals surface area contributed by atoms with Gasteiger partial charge in [0.05, 0.1) is 6.04 Å². The lowest BCUT2D eigenvalue weighted by atomic mass is 10.0. The van der Waals surface area contributed by atoms with Crippen LogP contribution in [0.15, 0.2) is 30.3 Å². The lowest BCUT2D eigenvalue weighted by Crippen LogP contribution is -2.57. The van der Waals surface area contributed by atoms with Crippen molar-refractivity contribution in [3.8, 4) is 0 Å². The van der Waals surface area contributed by atoms with Crippen molar-refractivity contribution in [2.45, 2.75) is 70.6 Å². The number of rotatable bonds is 10. The number of hydrogen-bond donors (Lipinski definition) is 4. The molecule has 5 N–H and O–H groups in total. The van der Waals surface area contributed by atoms with E-state index in [2.05, 4.69) is 10.6 Å². The first-order valence-corrected chi connectivity index (χ1v) is 11.0. The van der Waals surface area contributed by atoms with Gasteiger partial charge in [0.1, 0.15) is 18.1 Å². The number of carbonyl (C=O) groups is 4. The predicted octanol–water partition coefficient (Wildman–Crippen LogP) is 0.668. The van der Waals surface area contributed by atoms with Crippen molar-refractivity contribution < 1.29 is 24.3 Å². The van der Waals surface area contributed by atoms with E-state index in [-0.39, 0.29) is 24.7 Å². The van der Waals surface area contributed by atoms with Crippen LogP contribution in [0.4, 0.5) is 0 Å². The Balaban J connectivity index is 2.19. The van der Waals surface area contributed by atoms with Gasteiger partial charge in [-0.1, -0.05) is 44.2 Å². The van der Waals surface area contributed by atoms with E-state index < -0.39 is 42.0 Å². The number of carboxylic acid groups (broad SMARTS) is 1. The van der Waals surface area contributed by atoms with Crippen molar-refractivity contribution >= 4 is 23.7 Å². The molecule has 0 bridgehead atoms. The number of aliphatic carboxylic acids is 1. The molecule has 3 amide bonds. The van der Waals surface area contributed by atoms with Crippen LogP contribution < -0.4 is 16.4 Å². The van der Waals surface area contributed by atoms with E-state index >= 15 is 0 Å². The molecule has 1 aromatic carbocycles. The topological polar surface area (TPSA) is 142 Å². The average Bonchev–Trinajstić information content (AvgIpc) is 3.22. The van der Waals surface area contributed by atoms with E-state index in [1.807, 2.05) is 44.2 Å². The SMILES string of the molecule is CC(C)CC(NC(=O)C(Cc1ccccc1)NC(=O)C1CCCN1C(=O)C(C)N)C(=O)O. The van der Waals surface area contributed by atoms with E-state index in [0.717, 1.165) is 5.56 Å². The molecule has 1 fully saturated rings. The molecule has 1 heterocycles. The van der Waals surface area contributed by atoms with E-state index in [1.54, 1.807) is 6.92 Å². The van der Waals surface area contributed by atoms with Gasteiger partial charge < -0.3 is 26.4 Å². The van der Waals surface area contributed by atoms with E-state index in [0.29, 0.717) is 19.4 Å². The number of benzene rings is 1. The van der Waals surface area contributed by atoms with Crippen LogP contribution in [0, 0.1) is 5.92 Å². The van der Waals surface area contributed by atoms with Gasteiger partial charge in [0.15, 0.2) is 0 Å². The maximum atomic E-state index is 13.0.